The molecule has 0 aliphatic heterocycles. The number of benzene rings is 3. The number of hydrogen-bond donors (Lipinski definition) is 1. The van der Waals surface area contributed by atoms with Gasteiger partial charge in [0.1, 0.15) is 17.1 Å². The number of rotatable bonds is 8. The molecule has 1 aromatic heterocycles. The van der Waals surface area contributed by atoms with Gasteiger partial charge in [0.05, 0.1) is 24.8 Å². The summed E-state index contributed by atoms with van der Waals surface area (Å²) in [4.78, 5) is 26.2. The van der Waals surface area contributed by atoms with Crippen LogP contribution in [0.3, 0.4) is 0 Å². The second kappa shape index (κ2) is 10.3. The van der Waals surface area contributed by atoms with Crippen molar-refractivity contribution in [3.05, 3.63) is 82.0 Å². The molecule has 0 fully saturated rings. The van der Waals surface area contributed by atoms with Crippen molar-refractivity contribution < 1.29 is 23.4 Å². The first-order valence-corrected chi connectivity index (χ1v) is 11.3. The van der Waals surface area contributed by atoms with Crippen LogP contribution in [0.25, 0.3) is 22.3 Å². The average molecular weight is 474 g/mol. The molecule has 0 unspecified atom stereocenters. The summed E-state index contributed by atoms with van der Waals surface area (Å²) in [7, 11) is 1.58. The van der Waals surface area contributed by atoms with Crippen molar-refractivity contribution >= 4 is 22.6 Å². The van der Waals surface area contributed by atoms with Crippen LogP contribution >= 0.6 is 0 Å². The van der Waals surface area contributed by atoms with Gasteiger partial charge in [-0.15, -0.1) is 0 Å². The molecule has 7 heteroatoms. The normalized spacial score (nSPS) is 10.7. The van der Waals surface area contributed by atoms with Crippen LogP contribution in [-0.4, -0.2) is 26.2 Å². The fraction of sp³-hybridized carbons (Fsp3) is 0.214. The lowest BCUT2D eigenvalue weighted by Crippen LogP contribution is -2.23. The monoisotopic (exact) mass is 473 g/mol. The molecule has 0 aliphatic rings. The maximum Gasteiger partial charge on any atom is 0.262 e. The number of carbonyl (C=O) groups excluding carboxylic acids is 1. The van der Waals surface area contributed by atoms with Crippen LogP contribution in [0.5, 0.6) is 17.2 Å². The van der Waals surface area contributed by atoms with Crippen LogP contribution < -0.4 is 25.0 Å². The van der Waals surface area contributed by atoms with E-state index in [1.807, 2.05) is 39.0 Å². The molecule has 4 rings (SSSR count). The molecule has 0 radical (unpaired) electrons. The maximum absolute atomic E-state index is 13.5. The van der Waals surface area contributed by atoms with Crippen molar-refractivity contribution in [2.24, 2.45) is 0 Å². The Bertz CT molecular complexity index is 1420. The van der Waals surface area contributed by atoms with Crippen molar-refractivity contribution in [1.82, 2.24) is 0 Å². The third-order valence-electron chi connectivity index (χ3n) is 5.46. The molecule has 35 heavy (non-hydrogen) atoms. The fourth-order valence-corrected chi connectivity index (χ4v) is 3.91. The van der Waals surface area contributed by atoms with Gasteiger partial charge in [0.2, 0.25) is 11.2 Å². The lowest BCUT2D eigenvalue weighted by Gasteiger charge is -2.14. The molecule has 7 nitrogen and oxygen atoms in total. The minimum absolute atomic E-state index is 0.0251. The number of methoxy groups -OCH3 is 1. The van der Waals surface area contributed by atoms with E-state index in [2.05, 4.69) is 5.32 Å². The zero-order valence-corrected chi connectivity index (χ0v) is 20.1. The van der Waals surface area contributed by atoms with Gasteiger partial charge in [-0.3, -0.25) is 9.59 Å². The number of carbonyl (C=O) groups is 1. The summed E-state index contributed by atoms with van der Waals surface area (Å²) >= 11 is 0. The standard InChI is InChI=1S/C28H27NO6/c1-5-33-22-9-7-6-8-21(22)29-24(30)16-34-28-26(31)25-18(3)14-17(2)15-23(25)35-27(28)19-10-12-20(32-4)13-11-19/h6-15H,5,16H2,1-4H3,(H,29,30). The summed E-state index contributed by atoms with van der Waals surface area (Å²) in [6.45, 7) is 5.73. The van der Waals surface area contributed by atoms with Gasteiger partial charge in [-0.05, 0) is 74.4 Å². The Kier molecular flexibility index (Phi) is 7.06. The van der Waals surface area contributed by atoms with E-state index in [1.165, 1.54) is 0 Å². The average Bonchev–Trinajstić information content (AvgIpc) is 2.84. The first-order valence-electron chi connectivity index (χ1n) is 11.3. The van der Waals surface area contributed by atoms with Crippen LogP contribution in [0.4, 0.5) is 5.69 Å². The fourth-order valence-electron chi connectivity index (χ4n) is 3.91. The maximum atomic E-state index is 13.5. The molecule has 0 atom stereocenters. The third kappa shape index (κ3) is 5.14. The summed E-state index contributed by atoms with van der Waals surface area (Å²) < 4.78 is 22.8. The van der Waals surface area contributed by atoms with E-state index in [0.717, 1.165) is 11.1 Å². The lowest BCUT2D eigenvalue weighted by molar-refractivity contribution is -0.118. The van der Waals surface area contributed by atoms with Crippen molar-refractivity contribution in [3.63, 3.8) is 0 Å². The molecule has 1 amide bonds. The van der Waals surface area contributed by atoms with Crippen molar-refractivity contribution in [1.29, 1.82) is 0 Å². The van der Waals surface area contributed by atoms with E-state index in [-0.39, 0.29) is 23.5 Å². The number of nitrogens with one attached hydrogen (secondary N) is 1. The van der Waals surface area contributed by atoms with E-state index in [4.69, 9.17) is 18.6 Å². The third-order valence-corrected chi connectivity index (χ3v) is 5.46. The molecule has 1 N–H and O–H groups in total. The molecule has 0 aliphatic carbocycles. The number of hydrogen-bond acceptors (Lipinski definition) is 6. The Morgan fingerprint density at radius 3 is 2.46 bits per heavy atom. The molecule has 180 valence electrons. The van der Waals surface area contributed by atoms with Gasteiger partial charge < -0.3 is 23.9 Å². The van der Waals surface area contributed by atoms with Crippen LogP contribution in [0.1, 0.15) is 18.1 Å². The number of aryl methyl sites for hydroxylation is 2. The number of anilines is 1. The van der Waals surface area contributed by atoms with E-state index in [1.54, 1.807) is 49.6 Å². The number of fused-ring (bicyclic) bond motifs is 1. The summed E-state index contributed by atoms with van der Waals surface area (Å²) in [5.74, 6) is 1.01. The molecule has 1 heterocycles. The Morgan fingerprint density at radius 2 is 1.74 bits per heavy atom. The molecule has 4 aromatic rings. The smallest absolute Gasteiger partial charge is 0.262 e. The zero-order valence-electron chi connectivity index (χ0n) is 20.1. The predicted octanol–water partition coefficient (Wildman–Crippen LogP) is 5.50. The Hall–Kier alpha value is -4.26. The van der Waals surface area contributed by atoms with E-state index in [0.29, 0.717) is 40.3 Å². The second-order valence-electron chi connectivity index (χ2n) is 8.04. The molecule has 0 spiro atoms. The summed E-state index contributed by atoms with van der Waals surface area (Å²) in [6.07, 6.45) is 0. The van der Waals surface area contributed by atoms with E-state index < -0.39 is 5.91 Å². The van der Waals surface area contributed by atoms with Crippen molar-refractivity contribution in [2.75, 3.05) is 25.6 Å². The van der Waals surface area contributed by atoms with Crippen LogP contribution in [0.2, 0.25) is 0 Å². The highest BCUT2D eigenvalue weighted by Gasteiger charge is 2.21. The second-order valence-corrected chi connectivity index (χ2v) is 8.04. The highest BCUT2D eigenvalue weighted by molar-refractivity contribution is 5.93. The Morgan fingerprint density at radius 1 is 1.00 bits per heavy atom. The molecule has 0 bridgehead atoms. The molecule has 0 saturated carbocycles. The van der Waals surface area contributed by atoms with Crippen LogP contribution in [0.15, 0.2) is 69.9 Å². The SMILES string of the molecule is CCOc1ccccc1NC(=O)COc1c(-c2ccc(OC)cc2)oc2cc(C)cc(C)c2c1=O. The lowest BCUT2D eigenvalue weighted by atomic mass is 10.0. The summed E-state index contributed by atoms with van der Waals surface area (Å²) in [5.41, 5.74) is 3.02. The zero-order chi connectivity index (χ0) is 24.9. The predicted molar refractivity (Wildman–Crippen MR) is 136 cm³/mol. The van der Waals surface area contributed by atoms with Crippen molar-refractivity contribution in [3.8, 4) is 28.6 Å². The molecule has 0 saturated heterocycles. The van der Waals surface area contributed by atoms with Gasteiger partial charge >= 0.3 is 0 Å². The van der Waals surface area contributed by atoms with Crippen LogP contribution in [-0.2, 0) is 4.79 Å². The summed E-state index contributed by atoms with van der Waals surface area (Å²) in [5, 5.41) is 3.20. The largest absolute Gasteiger partial charge is 0.497 e. The van der Waals surface area contributed by atoms with Gasteiger partial charge in [0.25, 0.3) is 5.91 Å². The van der Waals surface area contributed by atoms with Gasteiger partial charge in [0.15, 0.2) is 12.4 Å². The highest BCUT2D eigenvalue weighted by atomic mass is 16.5. The van der Waals surface area contributed by atoms with E-state index >= 15 is 0 Å². The molecular weight excluding hydrogens is 446 g/mol. The molecule has 3 aromatic carbocycles. The van der Waals surface area contributed by atoms with Crippen LogP contribution in [0, 0.1) is 13.8 Å². The van der Waals surface area contributed by atoms with Crippen molar-refractivity contribution in [2.45, 2.75) is 20.8 Å². The van der Waals surface area contributed by atoms with Gasteiger partial charge in [-0.2, -0.15) is 0 Å². The van der Waals surface area contributed by atoms with E-state index in [9.17, 15) is 9.59 Å². The quantitative estimate of drug-likeness (QED) is 0.364. The minimum atomic E-state index is -0.432. The first-order chi connectivity index (χ1) is 16.9. The number of ether oxygens (including phenoxy) is 3. The van der Waals surface area contributed by atoms with Gasteiger partial charge in [-0.25, -0.2) is 0 Å². The minimum Gasteiger partial charge on any atom is -0.497 e. The molecular formula is C28H27NO6. The van der Waals surface area contributed by atoms with Gasteiger partial charge in [0, 0.05) is 5.56 Å². The topological polar surface area (TPSA) is 87.0 Å². The number of para-hydroxylation sites is 2. The number of amides is 1. The Labute approximate surface area is 203 Å². The highest BCUT2D eigenvalue weighted by Crippen LogP contribution is 2.33. The summed E-state index contributed by atoms with van der Waals surface area (Å²) in [6, 6.07) is 17.9. The van der Waals surface area contributed by atoms with Gasteiger partial charge in [-0.1, -0.05) is 18.2 Å². The first kappa shape index (κ1) is 23.9. The Balaban J connectivity index is 1.70.